The number of ether oxygens (including phenoxy) is 1. The summed E-state index contributed by atoms with van der Waals surface area (Å²) in [7, 11) is 3.80. The van der Waals surface area contributed by atoms with E-state index in [4.69, 9.17) is 10.00 Å². The molecule has 1 heterocycles. The van der Waals surface area contributed by atoms with E-state index in [2.05, 4.69) is 35.9 Å². The highest BCUT2D eigenvalue weighted by Crippen LogP contribution is 2.30. The largest absolute Gasteiger partial charge is 0.495 e. The predicted octanol–water partition coefficient (Wildman–Crippen LogP) is 2.12. The molecule has 0 bridgehead atoms. The Balaban J connectivity index is 2.23. The number of para-hydroxylation sites is 2. The Morgan fingerprint density at radius 2 is 2.11 bits per heavy atom. The van der Waals surface area contributed by atoms with Crippen LogP contribution in [0.3, 0.4) is 0 Å². The van der Waals surface area contributed by atoms with Crippen LogP contribution in [-0.4, -0.2) is 44.2 Å². The van der Waals surface area contributed by atoms with Crippen molar-refractivity contribution in [1.29, 1.82) is 5.26 Å². The lowest BCUT2D eigenvalue weighted by atomic mass is 10.0. The first-order valence-corrected chi connectivity index (χ1v) is 6.64. The molecule has 0 spiro atoms. The van der Waals surface area contributed by atoms with Gasteiger partial charge in [-0.25, -0.2) is 0 Å². The molecule has 2 rings (SSSR count). The van der Waals surface area contributed by atoms with Gasteiger partial charge in [-0.2, -0.15) is 5.26 Å². The molecule has 2 unspecified atom stereocenters. The number of anilines is 1. The van der Waals surface area contributed by atoms with Gasteiger partial charge in [-0.05, 0) is 26.1 Å². The summed E-state index contributed by atoms with van der Waals surface area (Å²) in [6.07, 6.45) is 0.562. The van der Waals surface area contributed by atoms with Gasteiger partial charge >= 0.3 is 0 Å². The summed E-state index contributed by atoms with van der Waals surface area (Å²) in [6, 6.07) is 11.1. The van der Waals surface area contributed by atoms with Gasteiger partial charge in [0.25, 0.3) is 0 Å². The van der Waals surface area contributed by atoms with Crippen molar-refractivity contribution in [3.63, 3.8) is 0 Å². The lowest BCUT2D eigenvalue weighted by Gasteiger charge is -2.44. The van der Waals surface area contributed by atoms with Crippen LogP contribution in [0.25, 0.3) is 0 Å². The molecule has 1 saturated heterocycles. The second-order valence-electron chi connectivity index (χ2n) is 5.11. The number of nitrogens with zero attached hydrogens (tertiary/aromatic N) is 3. The molecule has 1 aromatic rings. The summed E-state index contributed by atoms with van der Waals surface area (Å²) >= 11 is 0. The van der Waals surface area contributed by atoms with Gasteiger partial charge in [-0.15, -0.1) is 0 Å². The summed E-state index contributed by atoms with van der Waals surface area (Å²) in [6.45, 7) is 4.03. The molecule has 1 aliphatic heterocycles. The van der Waals surface area contributed by atoms with E-state index < -0.39 is 0 Å². The molecule has 2 atom stereocenters. The number of methoxy groups -OCH3 is 1. The smallest absolute Gasteiger partial charge is 0.142 e. The van der Waals surface area contributed by atoms with E-state index in [1.807, 2.05) is 18.2 Å². The van der Waals surface area contributed by atoms with E-state index in [9.17, 15) is 0 Å². The van der Waals surface area contributed by atoms with Crippen molar-refractivity contribution >= 4 is 5.69 Å². The minimum absolute atomic E-state index is 0.277. The normalized spacial score (nSPS) is 24.0. The van der Waals surface area contributed by atoms with Gasteiger partial charge in [0.15, 0.2) is 0 Å². The zero-order valence-corrected chi connectivity index (χ0v) is 11.8. The van der Waals surface area contributed by atoms with Gasteiger partial charge in [0.1, 0.15) is 5.75 Å². The van der Waals surface area contributed by atoms with Gasteiger partial charge in [0.05, 0.1) is 25.3 Å². The third-order valence-corrected chi connectivity index (χ3v) is 3.94. The van der Waals surface area contributed by atoms with E-state index in [1.165, 1.54) is 0 Å². The fourth-order valence-corrected chi connectivity index (χ4v) is 2.67. The highest BCUT2D eigenvalue weighted by Gasteiger charge is 2.30. The Labute approximate surface area is 115 Å². The Morgan fingerprint density at radius 1 is 1.37 bits per heavy atom. The average molecular weight is 259 g/mol. The first-order chi connectivity index (χ1) is 9.17. The second-order valence-corrected chi connectivity index (χ2v) is 5.11. The van der Waals surface area contributed by atoms with E-state index in [0.29, 0.717) is 12.5 Å². The minimum atomic E-state index is 0.277. The number of rotatable bonds is 3. The Bertz CT molecular complexity index is 469. The fourth-order valence-electron chi connectivity index (χ4n) is 2.67. The molecule has 4 nitrogen and oxygen atoms in total. The summed E-state index contributed by atoms with van der Waals surface area (Å²) in [5.74, 6) is 0.898. The van der Waals surface area contributed by atoms with Crippen LogP contribution in [0.2, 0.25) is 0 Å². The highest BCUT2D eigenvalue weighted by atomic mass is 16.5. The van der Waals surface area contributed by atoms with Crippen molar-refractivity contribution in [2.75, 3.05) is 32.1 Å². The van der Waals surface area contributed by atoms with Crippen molar-refractivity contribution < 1.29 is 4.74 Å². The van der Waals surface area contributed by atoms with Gasteiger partial charge in [-0.1, -0.05) is 12.1 Å². The molecule has 4 heteroatoms. The topological polar surface area (TPSA) is 39.5 Å². The average Bonchev–Trinajstić information content (AvgIpc) is 2.43. The third kappa shape index (κ3) is 2.82. The number of piperazine rings is 1. The quantitative estimate of drug-likeness (QED) is 0.833. The van der Waals surface area contributed by atoms with Gasteiger partial charge < -0.3 is 9.64 Å². The maximum atomic E-state index is 8.96. The zero-order valence-electron chi connectivity index (χ0n) is 11.8. The van der Waals surface area contributed by atoms with E-state index in [1.54, 1.807) is 7.11 Å². The fraction of sp³-hybridized carbons (Fsp3) is 0.533. The molecule has 1 aromatic carbocycles. The molecular formula is C15H21N3O. The first-order valence-electron chi connectivity index (χ1n) is 6.64. The molecule has 0 N–H and O–H groups in total. The molecule has 0 radical (unpaired) electrons. The van der Waals surface area contributed by atoms with E-state index >= 15 is 0 Å². The van der Waals surface area contributed by atoms with Crippen LogP contribution in [0.15, 0.2) is 24.3 Å². The third-order valence-electron chi connectivity index (χ3n) is 3.94. The lowest BCUT2D eigenvalue weighted by Crippen LogP contribution is -2.56. The Morgan fingerprint density at radius 3 is 2.79 bits per heavy atom. The first kappa shape index (κ1) is 13.7. The molecular weight excluding hydrogens is 238 g/mol. The second kappa shape index (κ2) is 5.94. The maximum Gasteiger partial charge on any atom is 0.142 e. The van der Waals surface area contributed by atoms with Crippen LogP contribution >= 0.6 is 0 Å². The van der Waals surface area contributed by atoms with Gasteiger partial charge in [0, 0.05) is 25.2 Å². The molecule has 1 fully saturated rings. The standard InChI is InChI=1S/C15H21N3O/c1-12-10-18(11-13(8-9-16)17(12)2)14-6-4-5-7-15(14)19-3/h4-7,12-13H,8,10-11H2,1-3H3. The van der Waals surface area contributed by atoms with Crippen LogP contribution in [-0.2, 0) is 0 Å². The van der Waals surface area contributed by atoms with E-state index in [0.717, 1.165) is 24.5 Å². The minimum Gasteiger partial charge on any atom is -0.495 e. The number of hydrogen-bond donors (Lipinski definition) is 0. The summed E-state index contributed by atoms with van der Waals surface area (Å²) in [5.41, 5.74) is 1.12. The van der Waals surface area contributed by atoms with Crippen LogP contribution in [0.4, 0.5) is 5.69 Å². The van der Waals surface area contributed by atoms with Crippen LogP contribution < -0.4 is 9.64 Å². The van der Waals surface area contributed by atoms with E-state index in [-0.39, 0.29) is 6.04 Å². The predicted molar refractivity (Wildman–Crippen MR) is 76.5 cm³/mol. The van der Waals surface area contributed by atoms with Crippen LogP contribution in [0.5, 0.6) is 5.75 Å². The molecule has 0 saturated carbocycles. The van der Waals surface area contributed by atoms with Gasteiger partial charge in [0.2, 0.25) is 0 Å². The summed E-state index contributed by atoms with van der Waals surface area (Å²) in [4.78, 5) is 4.63. The van der Waals surface area contributed by atoms with Crippen molar-refractivity contribution in [2.45, 2.75) is 25.4 Å². The number of nitriles is 1. The van der Waals surface area contributed by atoms with Crippen LogP contribution in [0, 0.1) is 11.3 Å². The maximum absolute atomic E-state index is 8.96. The van der Waals surface area contributed by atoms with Crippen molar-refractivity contribution in [1.82, 2.24) is 4.90 Å². The number of hydrogen-bond acceptors (Lipinski definition) is 4. The molecule has 102 valence electrons. The molecule has 0 amide bonds. The number of benzene rings is 1. The monoisotopic (exact) mass is 259 g/mol. The molecule has 0 aliphatic carbocycles. The Kier molecular flexibility index (Phi) is 4.28. The summed E-state index contributed by atoms with van der Waals surface area (Å²) < 4.78 is 5.44. The molecule has 1 aliphatic rings. The summed E-state index contributed by atoms with van der Waals surface area (Å²) in [5, 5.41) is 8.96. The Hall–Kier alpha value is -1.73. The van der Waals surface area contributed by atoms with Gasteiger partial charge in [-0.3, -0.25) is 4.90 Å². The van der Waals surface area contributed by atoms with Crippen molar-refractivity contribution in [2.24, 2.45) is 0 Å². The SMILES string of the molecule is COc1ccccc1N1CC(C)N(C)C(CC#N)C1. The number of likely N-dealkylation sites (N-methyl/N-ethyl adjacent to an activating group) is 1. The highest BCUT2D eigenvalue weighted by molar-refractivity contribution is 5.59. The lowest BCUT2D eigenvalue weighted by molar-refractivity contribution is 0.160. The molecule has 19 heavy (non-hydrogen) atoms. The zero-order chi connectivity index (χ0) is 13.8. The van der Waals surface area contributed by atoms with Crippen molar-refractivity contribution in [3.05, 3.63) is 24.3 Å². The molecule has 0 aromatic heterocycles. The van der Waals surface area contributed by atoms with Crippen molar-refractivity contribution in [3.8, 4) is 11.8 Å². The van der Waals surface area contributed by atoms with Crippen LogP contribution in [0.1, 0.15) is 13.3 Å².